The minimum absolute atomic E-state index is 0.138. The van der Waals surface area contributed by atoms with Gasteiger partial charge in [-0.25, -0.2) is 4.39 Å². The zero-order valence-corrected chi connectivity index (χ0v) is 18.2. The van der Waals surface area contributed by atoms with Gasteiger partial charge in [-0.05, 0) is 23.8 Å². The summed E-state index contributed by atoms with van der Waals surface area (Å²) in [5.74, 6) is -0.834. The lowest BCUT2D eigenvalue weighted by Gasteiger charge is -2.29. The van der Waals surface area contributed by atoms with Crippen LogP contribution in [0.3, 0.4) is 0 Å². The first kappa shape index (κ1) is 21.3. The minimum Gasteiger partial charge on any atom is -0.378 e. The number of rotatable bonds is 4. The number of halogens is 1. The molecule has 3 heterocycles. The van der Waals surface area contributed by atoms with Gasteiger partial charge in [-0.2, -0.15) is 5.10 Å². The van der Waals surface area contributed by atoms with Gasteiger partial charge in [0.1, 0.15) is 5.82 Å². The number of carbonyl (C=O) groups is 2. The molecule has 0 saturated carbocycles. The molecule has 33 heavy (non-hydrogen) atoms. The Hall–Kier alpha value is -3.52. The quantitative estimate of drug-likeness (QED) is 0.616. The summed E-state index contributed by atoms with van der Waals surface area (Å²) >= 11 is 0. The third-order valence-corrected chi connectivity index (χ3v) is 6.17. The molecule has 0 radical (unpaired) electrons. The SMILES string of the molecule is O=C(c1cccc(F)c1)N1CCc2c(c(C(=O)N3CCOCC3)nn2Cc2ccccc2)C1. The van der Waals surface area contributed by atoms with Crippen LogP contribution in [0, 0.1) is 5.82 Å². The van der Waals surface area contributed by atoms with Crippen LogP contribution >= 0.6 is 0 Å². The Morgan fingerprint density at radius 1 is 0.939 bits per heavy atom. The van der Waals surface area contributed by atoms with Crippen molar-refractivity contribution in [1.82, 2.24) is 19.6 Å². The highest BCUT2D eigenvalue weighted by Crippen LogP contribution is 2.26. The average molecular weight is 448 g/mol. The molecule has 1 fully saturated rings. The first-order valence-corrected chi connectivity index (χ1v) is 11.1. The van der Waals surface area contributed by atoms with Gasteiger partial charge in [-0.15, -0.1) is 0 Å². The molecule has 7 nitrogen and oxygen atoms in total. The van der Waals surface area contributed by atoms with E-state index in [-0.39, 0.29) is 18.4 Å². The number of ether oxygens (including phenoxy) is 1. The van der Waals surface area contributed by atoms with E-state index in [2.05, 4.69) is 0 Å². The summed E-state index contributed by atoms with van der Waals surface area (Å²) in [5, 5.41) is 4.73. The highest BCUT2D eigenvalue weighted by molar-refractivity contribution is 5.96. The monoisotopic (exact) mass is 448 g/mol. The number of fused-ring (bicyclic) bond motifs is 1. The largest absolute Gasteiger partial charge is 0.378 e. The van der Waals surface area contributed by atoms with Crippen LogP contribution in [-0.4, -0.2) is 64.2 Å². The third-order valence-electron chi connectivity index (χ3n) is 6.17. The van der Waals surface area contributed by atoms with E-state index in [4.69, 9.17) is 9.84 Å². The average Bonchev–Trinajstić information content (AvgIpc) is 3.21. The molecule has 0 N–H and O–H groups in total. The van der Waals surface area contributed by atoms with Crippen molar-refractivity contribution in [1.29, 1.82) is 0 Å². The summed E-state index contributed by atoms with van der Waals surface area (Å²) in [6.45, 7) is 3.35. The molecule has 0 spiro atoms. The molecule has 3 aromatic rings. The van der Waals surface area contributed by atoms with Gasteiger partial charge in [-0.3, -0.25) is 14.3 Å². The molecule has 1 aromatic heterocycles. The van der Waals surface area contributed by atoms with Crippen molar-refractivity contribution in [3.05, 3.63) is 88.5 Å². The Balaban J connectivity index is 1.47. The molecule has 2 aliphatic heterocycles. The van der Waals surface area contributed by atoms with Crippen molar-refractivity contribution in [3.63, 3.8) is 0 Å². The number of amides is 2. The Morgan fingerprint density at radius 3 is 2.48 bits per heavy atom. The van der Waals surface area contributed by atoms with Crippen LogP contribution < -0.4 is 0 Å². The minimum atomic E-state index is -0.447. The van der Waals surface area contributed by atoms with Crippen molar-refractivity contribution in [2.45, 2.75) is 19.5 Å². The molecule has 0 bridgehead atoms. The maximum absolute atomic E-state index is 13.7. The van der Waals surface area contributed by atoms with E-state index in [0.29, 0.717) is 57.1 Å². The molecule has 5 rings (SSSR count). The number of hydrogen-bond donors (Lipinski definition) is 0. The molecule has 2 aromatic carbocycles. The van der Waals surface area contributed by atoms with Crippen LogP contribution in [0.2, 0.25) is 0 Å². The van der Waals surface area contributed by atoms with Gasteiger partial charge in [0.15, 0.2) is 5.69 Å². The highest BCUT2D eigenvalue weighted by atomic mass is 19.1. The summed E-state index contributed by atoms with van der Waals surface area (Å²) in [6.07, 6.45) is 0.576. The van der Waals surface area contributed by atoms with Crippen molar-refractivity contribution in [2.24, 2.45) is 0 Å². The van der Waals surface area contributed by atoms with Gasteiger partial charge < -0.3 is 14.5 Å². The van der Waals surface area contributed by atoms with Crippen LogP contribution in [0.25, 0.3) is 0 Å². The standard InChI is InChI=1S/C25H25FN4O3/c26-20-8-4-7-19(15-20)24(31)29-10-9-22-21(17-29)23(25(32)28-11-13-33-14-12-28)27-30(22)16-18-5-2-1-3-6-18/h1-8,15H,9-14,16-17H2. The van der Waals surface area contributed by atoms with Crippen molar-refractivity contribution in [3.8, 4) is 0 Å². The summed E-state index contributed by atoms with van der Waals surface area (Å²) in [7, 11) is 0. The summed E-state index contributed by atoms with van der Waals surface area (Å²) in [5.41, 5.74) is 3.53. The number of morpholine rings is 1. The molecule has 0 aliphatic carbocycles. The van der Waals surface area contributed by atoms with Gasteiger partial charge in [0, 0.05) is 42.9 Å². The highest BCUT2D eigenvalue weighted by Gasteiger charge is 2.32. The maximum atomic E-state index is 13.7. The topological polar surface area (TPSA) is 67.7 Å². The maximum Gasteiger partial charge on any atom is 0.274 e. The second kappa shape index (κ2) is 9.15. The first-order chi connectivity index (χ1) is 16.1. The summed E-state index contributed by atoms with van der Waals surface area (Å²) < 4.78 is 21.0. The van der Waals surface area contributed by atoms with Gasteiger partial charge in [-0.1, -0.05) is 36.4 Å². The van der Waals surface area contributed by atoms with Crippen LogP contribution in [-0.2, 0) is 24.2 Å². The summed E-state index contributed by atoms with van der Waals surface area (Å²) in [6, 6.07) is 15.7. The van der Waals surface area contributed by atoms with E-state index < -0.39 is 5.82 Å². The zero-order chi connectivity index (χ0) is 22.8. The smallest absolute Gasteiger partial charge is 0.274 e. The predicted octanol–water partition coefficient (Wildman–Crippen LogP) is 2.74. The molecule has 0 atom stereocenters. The van der Waals surface area contributed by atoms with Crippen LogP contribution in [0.5, 0.6) is 0 Å². The third kappa shape index (κ3) is 4.39. The fourth-order valence-corrected chi connectivity index (χ4v) is 4.44. The van der Waals surface area contributed by atoms with E-state index in [1.807, 2.05) is 35.0 Å². The Morgan fingerprint density at radius 2 is 1.73 bits per heavy atom. The Kier molecular flexibility index (Phi) is 5.92. The van der Waals surface area contributed by atoms with E-state index in [1.54, 1.807) is 15.9 Å². The van der Waals surface area contributed by atoms with Gasteiger partial charge in [0.2, 0.25) is 0 Å². The van der Waals surface area contributed by atoms with E-state index in [9.17, 15) is 14.0 Å². The number of nitrogens with zero attached hydrogens (tertiary/aromatic N) is 4. The molecule has 2 aliphatic rings. The predicted molar refractivity (Wildman–Crippen MR) is 119 cm³/mol. The molecule has 8 heteroatoms. The number of hydrogen-bond acceptors (Lipinski definition) is 4. The zero-order valence-electron chi connectivity index (χ0n) is 18.2. The van der Waals surface area contributed by atoms with E-state index in [1.165, 1.54) is 18.2 Å². The van der Waals surface area contributed by atoms with Crippen molar-refractivity contribution in [2.75, 3.05) is 32.8 Å². The fraction of sp³-hybridized carbons (Fsp3) is 0.320. The molecule has 0 unspecified atom stereocenters. The second-order valence-corrected chi connectivity index (χ2v) is 8.31. The van der Waals surface area contributed by atoms with Crippen LogP contribution in [0.4, 0.5) is 4.39 Å². The molecule has 170 valence electrons. The molecule has 1 saturated heterocycles. The Labute approximate surface area is 191 Å². The van der Waals surface area contributed by atoms with Crippen molar-refractivity contribution >= 4 is 11.8 Å². The van der Waals surface area contributed by atoms with Crippen LogP contribution in [0.1, 0.15) is 37.7 Å². The second-order valence-electron chi connectivity index (χ2n) is 8.31. The lowest BCUT2D eigenvalue weighted by Crippen LogP contribution is -2.42. The summed E-state index contributed by atoms with van der Waals surface area (Å²) in [4.78, 5) is 29.9. The van der Waals surface area contributed by atoms with Crippen molar-refractivity contribution < 1.29 is 18.7 Å². The normalized spacial score (nSPS) is 15.9. The van der Waals surface area contributed by atoms with Gasteiger partial charge >= 0.3 is 0 Å². The van der Waals surface area contributed by atoms with E-state index in [0.717, 1.165) is 16.8 Å². The number of carbonyl (C=O) groups excluding carboxylic acids is 2. The number of benzene rings is 2. The molecular formula is C25H25FN4O3. The number of aromatic nitrogens is 2. The lowest BCUT2D eigenvalue weighted by atomic mass is 10.0. The molecular weight excluding hydrogens is 423 g/mol. The van der Waals surface area contributed by atoms with E-state index >= 15 is 0 Å². The lowest BCUT2D eigenvalue weighted by molar-refractivity contribution is 0.0296. The first-order valence-electron chi connectivity index (χ1n) is 11.1. The van der Waals surface area contributed by atoms with Gasteiger partial charge in [0.25, 0.3) is 11.8 Å². The van der Waals surface area contributed by atoms with Gasteiger partial charge in [0.05, 0.1) is 26.3 Å². The fourth-order valence-electron chi connectivity index (χ4n) is 4.44. The Bertz CT molecular complexity index is 1170. The van der Waals surface area contributed by atoms with Crippen LogP contribution in [0.15, 0.2) is 54.6 Å². The molecule has 2 amide bonds.